The number of hydrogen-bond donors (Lipinski definition) is 1. The van der Waals surface area contributed by atoms with E-state index in [2.05, 4.69) is 10.4 Å². The van der Waals surface area contributed by atoms with Crippen molar-refractivity contribution in [2.75, 3.05) is 11.9 Å². The van der Waals surface area contributed by atoms with Crippen LogP contribution in [0.15, 0.2) is 48.5 Å². The molecular weight excluding hydrogens is 284 g/mol. The second kappa shape index (κ2) is 4.94. The van der Waals surface area contributed by atoms with Crippen LogP contribution in [0.2, 0.25) is 0 Å². The first-order chi connectivity index (χ1) is 10.7. The number of benzene rings is 2. The highest BCUT2D eigenvalue weighted by atomic mass is 19.1. The lowest BCUT2D eigenvalue weighted by Gasteiger charge is -2.07. The van der Waals surface area contributed by atoms with E-state index in [1.54, 1.807) is 28.9 Å². The Hall–Kier alpha value is -2.69. The Bertz CT molecular complexity index is 855. The van der Waals surface area contributed by atoms with Gasteiger partial charge in [0, 0.05) is 17.7 Å². The van der Waals surface area contributed by atoms with Gasteiger partial charge in [-0.2, -0.15) is 5.10 Å². The standard InChI is InChI=1S/C17H13F2N3/c18-12-5-3-4-11(10-12)16-13-8-9-20-17(13)22(21-16)15-7-2-1-6-14(15)19/h1-7,10,20H,8-9H2. The van der Waals surface area contributed by atoms with Crippen molar-refractivity contribution in [3.05, 3.63) is 65.7 Å². The lowest BCUT2D eigenvalue weighted by molar-refractivity contribution is 0.611. The Labute approximate surface area is 126 Å². The van der Waals surface area contributed by atoms with E-state index in [1.165, 1.54) is 18.2 Å². The summed E-state index contributed by atoms with van der Waals surface area (Å²) in [5.74, 6) is 0.134. The molecule has 1 aromatic heterocycles. The van der Waals surface area contributed by atoms with Gasteiger partial charge in [-0.05, 0) is 30.7 Å². The molecule has 0 aliphatic carbocycles. The SMILES string of the molecule is Fc1cccc(-c2nn(-c3ccccc3F)c3c2CCN3)c1. The second-order valence-corrected chi connectivity index (χ2v) is 5.23. The van der Waals surface area contributed by atoms with Crippen molar-refractivity contribution < 1.29 is 8.78 Å². The normalized spacial score (nSPS) is 13.0. The molecule has 5 heteroatoms. The molecule has 0 saturated heterocycles. The van der Waals surface area contributed by atoms with Crippen LogP contribution in [0.1, 0.15) is 5.56 Å². The van der Waals surface area contributed by atoms with Gasteiger partial charge in [0.2, 0.25) is 0 Å². The van der Waals surface area contributed by atoms with Crippen LogP contribution in [0.3, 0.4) is 0 Å². The smallest absolute Gasteiger partial charge is 0.148 e. The largest absolute Gasteiger partial charge is 0.369 e. The molecule has 2 aromatic carbocycles. The predicted molar refractivity (Wildman–Crippen MR) is 81.1 cm³/mol. The lowest BCUT2D eigenvalue weighted by atomic mass is 10.1. The summed E-state index contributed by atoms with van der Waals surface area (Å²) in [5.41, 5.74) is 2.78. The van der Waals surface area contributed by atoms with Gasteiger partial charge in [-0.25, -0.2) is 13.5 Å². The first-order valence-electron chi connectivity index (χ1n) is 7.10. The van der Waals surface area contributed by atoms with Crippen LogP contribution in [0.4, 0.5) is 14.6 Å². The van der Waals surface area contributed by atoms with Crippen molar-refractivity contribution in [3.8, 4) is 16.9 Å². The van der Waals surface area contributed by atoms with E-state index in [9.17, 15) is 8.78 Å². The molecule has 0 unspecified atom stereocenters. The van der Waals surface area contributed by atoms with E-state index in [1.807, 2.05) is 6.07 Å². The highest BCUT2D eigenvalue weighted by Gasteiger charge is 2.25. The zero-order valence-corrected chi connectivity index (χ0v) is 11.7. The number of halogens is 2. The number of aromatic nitrogens is 2. The molecule has 0 atom stereocenters. The average molecular weight is 297 g/mol. The highest BCUT2D eigenvalue weighted by Crippen LogP contribution is 2.35. The van der Waals surface area contributed by atoms with E-state index in [0.29, 0.717) is 16.9 Å². The fraction of sp³-hybridized carbons (Fsp3) is 0.118. The second-order valence-electron chi connectivity index (χ2n) is 5.23. The van der Waals surface area contributed by atoms with Crippen molar-refractivity contribution in [2.24, 2.45) is 0 Å². The summed E-state index contributed by atoms with van der Waals surface area (Å²) in [5, 5.41) is 7.76. The Morgan fingerprint density at radius 2 is 1.91 bits per heavy atom. The van der Waals surface area contributed by atoms with E-state index >= 15 is 0 Å². The third-order valence-electron chi connectivity index (χ3n) is 3.83. The van der Waals surface area contributed by atoms with Crippen molar-refractivity contribution >= 4 is 5.82 Å². The Kier molecular flexibility index (Phi) is 2.92. The summed E-state index contributed by atoms with van der Waals surface area (Å²) < 4.78 is 29.1. The summed E-state index contributed by atoms with van der Waals surface area (Å²) in [7, 11) is 0. The molecule has 1 aliphatic heterocycles. The summed E-state index contributed by atoms with van der Waals surface area (Å²) in [6, 6.07) is 12.8. The molecule has 0 spiro atoms. The number of anilines is 1. The number of para-hydroxylation sites is 1. The van der Waals surface area contributed by atoms with Gasteiger partial charge >= 0.3 is 0 Å². The summed E-state index contributed by atoms with van der Waals surface area (Å²) in [6.07, 6.45) is 0.787. The van der Waals surface area contributed by atoms with Crippen LogP contribution in [0.25, 0.3) is 16.9 Å². The minimum absolute atomic E-state index is 0.308. The molecule has 0 saturated carbocycles. The molecular formula is C17H13F2N3. The van der Waals surface area contributed by atoms with Crippen molar-refractivity contribution in [1.82, 2.24) is 9.78 Å². The van der Waals surface area contributed by atoms with Gasteiger partial charge in [-0.15, -0.1) is 0 Å². The Balaban J connectivity index is 1.93. The maximum absolute atomic E-state index is 14.1. The minimum atomic E-state index is -0.340. The number of nitrogens with one attached hydrogen (secondary N) is 1. The number of rotatable bonds is 2. The third-order valence-corrected chi connectivity index (χ3v) is 3.83. The quantitative estimate of drug-likeness (QED) is 0.780. The first kappa shape index (κ1) is 13.0. The monoisotopic (exact) mass is 297 g/mol. The fourth-order valence-electron chi connectivity index (χ4n) is 2.84. The summed E-state index contributed by atoms with van der Waals surface area (Å²) in [4.78, 5) is 0. The van der Waals surface area contributed by atoms with E-state index in [4.69, 9.17) is 0 Å². The Morgan fingerprint density at radius 1 is 1.05 bits per heavy atom. The predicted octanol–water partition coefficient (Wildman–Crippen LogP) is 3.79. The molecule has 1 aliphatic rings. The van der Waals surface area contributed by atoms with E-state index < -0.39 is 0 Å². The maximum atomic E-state index is 14.1. The molecule has 4 rings (SSSR count). The molecule has 110 valence electrons. The zero-order valence-electron chi connectivity index (χ0n) is 11.7. The molecule has 3 aromatic rings. The summed E-state index contributed by atoms with van der Waals surface area (Å²) >= 11 is 0. The van der Waals surface area contributed by atoms with Crippen molar-refractivity contribution in [2.45, 2.75) is 6.42 Å². The van der Waals surface area contributed by atoms with Gasteiger partial charge < -0.3 is 5.32 Å². The lowest BCUT2D eigenvalue weighted by Crippen LogP contribution is -2.05. The molecule has 0 radical (unpaired) electrons. The van der Waals surface area contributed by atoms with Gasteiger partial charge in [0.05, 0.1) is 5.69 Å². The van der Waals surface area contributed by atoms with Crippen molar-refractivity contribution in [3.63, 3.8) is 0 Å². The Morgan fingerprint density at radius 3 is 2.73 bits per heavy atom. The van der Waals surface area contributed by atoms with Gasteiger partial charge in [-0.1, -0.05) is 24.3 Å². The maximum Gasteiger partial charge on any atom is 0.148 e. The van der Waals surface area contributed by atoms with Gasteiger partial charge in [0.1, 0.15) is 23.1 Å². The number of fused-ring (bicyclic) bond motifs is 1. The fourth-order valence-corrected chi connectivity index (χ4v) is 2.84. The molecule has 1 N–H and O–H groups in total. The van der Waals surface area contributed by atoms with E-state index in [0.717, 1.165) is 24.3 Å². The third kappa shape index (κ3) is 1.97. The molecule has 0 fully saturated rings. The van der Waals surface area contributed by atoms with Crippen LogP contribution in [-0.2, 0) is 6.42 Å². The molecule has 22 heavy (non-hydrogen) atoms. The van der Waals surface area contributed by atoms with Gasteiger partial charge in [0.25, 0.3) is 0 Å². The van der Waals surface area contributed by atoms with E-state index in [-0.39, 0.29) is 11.6 Å². The zero-order chi connectivity index (χ0) is 15.1. The van der Waals surface area contributed by atoms with Crippen molar-refractivity contribution in [1.29, 1.82) is 0 Å². The molecule has 2 heterocycles. The molecule has 0 amide bonds. The number of hydrogen-bond acceptors (Lipinski definition) is 2. The van der Waals surface area contributed by atoms with Gasteiger partial charge in [0.15, 0.2) is 0 Å². The average Bonchev–Trinajstić information content (AvgIpc) is 3.10. The van der Waals surface area contributed by atoms with Crippen LogP contribution in [0.5, 0.6) is 0 Å². The van der Waals surface area contributed by atoms with Crippen LogP contribution in [0, 0.1) is 11.6 Å². The van der Waals surface area contributed by atoms with Crippen LogP contribution < -0.4 is 5.32 Å². The van der Waals surface area contributed by atoms with Crippen LogP contribution >= 0.6 is 0 Å². The minimum Gasteiger partial charge on any atom is -0.369 e. The molecule has 0 bridgehead atoms. The van der Waals surface area contributed by atoms with Gasteiger partial charge in [-0.3, -0.25) is 0 Å². The topological polar surface area (TPSA) is 29.9 Å². The number of nitrogens with zero attached hydrogens (tertiary/aromatic N) is 2. The first-order valence-corrected chi connectivity index (χ1v) is 7.10. The van der Waals surface area contributed by atoms with Crippen LogP contribution in [-0.4, -0.2) is 16.3 Å². The highest BCUT2D eigenvalue weighted by molar-refractivity contribution is 5.72. The molecule has 3 nitrogen and oxygen atoms in total. The summed E-state index contributed by atoms with van der Waals surface area (Å²) in [6.45, 7) is 0.768.